The zero-order valence-electron chi connectivity index (χ0n) is 20.0. The Morgan fingerprint density at radius 2 is 1.53 bits per heavy atom. The number of hydrogen-bond acceptors (Lipinski definition) is 5. The maximum absolute atomic E-state index is 5.27. The van der Waals surface area contributed by atoms with Crippen molar-refractivity contribution in [2.24, 2.45) is 0 Å². The van der Waals surface area contributed by atoms with E-state index in [1.165, 1.54) is 11.1 Å². The average Bonchev–Trinajstić information content (AvgIpc) is 3.38. The summed E-state index contributed by atoms with van der Waals surface area (Å²) in [5, 5.41) is 10.4. The quantitative estimate of drug-likeness (QED) is 0.314. The van der Waals surface area contributed by atoms with Crippen LogP contribution in [0.25, 0.3) is 22.5 Å². The van der Waals surface area contributed by atoms with Crippen molar-refractivity contribution in [1.29, 1.82) is 0 Å². The first-order valence-electron chi connectivity index (χ1n) is 12.2. The van der Waals surface area contributed by atoms with Gasteiger partial charge in [-0.05, 0) is 46.0 Å². The van der Waals surface area contributed by atoms with Gasteiger partial charge in [-0.3, -0.25) is 0 Å². The first kappa shape index (κ1) is 22.2. The molecule has 0 bridgehead atoms. The van der Waals surface area contributed by atoms with E-state index in [-0.39, 0.29) is 0 Å². The lowest BCUT2D eigenvalue weighted by Crippen LogP contribution is -2.35. The maximum Gasteiger partial charge on any atom is 0.288 e. The molecule has 2 aromatic heterocycles. The normalized spacial score (nSPS) is 13.2. The molecule has 4 aromatic rings. The highest BCUT2D eigenvalue weighted by Gasteiger charge is 2.23. The monoisotopic (exact) mass is 454 g/mol. The lowest BCUT2D eigenvalue weighted by molar-refractivity contribution is -0.754. The summed E-state index contributed by atoms with van der Waals surface area (Å²) >= 11 is 0. The zero-order valence-corrected chi connectivity index (χ0v) is 20.0. The van der Waals surface area contributed by atoms with Gasteiger partial charge in [-0.25, -0.2) is 9.97 Å². The average molecular weight is 455 g/mol. The van der Waals surface area contributed by atoms with Crippen LogP contribution in [0.1, 0.15) is 42.5 Å². The van der Waals surface area contributed by atoms with Crippen molar-refractivity contribution in [3.63, 3.8) is 0 Å². The Morgan fingerprint density at radius 3 is 2.18 bits per heavy atom. The van der Waals surface area contributed by atoms with Crippen molar-refractivity contribution in [3.05, 3.63) is 71.7 Å². The van der Waals surface area contributed by atoms with Crippen molar-refractivity contribution in [2.45, 2.75) is 52.5 Å². The van der Waals surface area contributed by atoms with Gasteiger partial charge in [0.15, 0.2) is 11.0 Å². The van der Waals surface area contributed by atoms with Gasteiger partial charge in [0.25, 0.3) is 6.33 Å². The van der Waals surface area contributed by atoms with Crippen molar-refractivity contribution in [1.82, 2.24) is 25.5 Å². The summed E-state index contributed by atoms with van der Waals surface area (Å²) in [4.78, 5) is 12.9. The topological polar surface area (TPSA) is 74.5 Å². The molecule has 0 saturated heterocycles. The number of unbranched alkanes of at least 4 members (excludes halogenated alkanes) is 2. The third-order valence-corrected chi connectivity index (χ3v) is 6.49. The van der Waals surface area contributed by atoms with Crippen LogP contribution in [0.15, 0.2) is 54.9 Å². The smallest absolute Gasteiger partial charge is 0.288 e. The fraction of sp³-hybridized carbons (Fsp3) is 0.370. The molecule has 7 heteroatoms. The van der Waals surface area contributed by atoms with Crippen LogP contribution in [-0.4, -0.2) is 38.6 Å². The van der Waals surface area contributed by atoms with E-state index in [4.69, 9.17) is 9.97 Å². The number of aryl methyl sites for hydroxylation is 4. The molecule has 0 spiro atoms. The second-order valence-electron chi connectivity index (χ2n) is 9.20. The minimum atomic E-state index is 0.918. The number of anilines is 1. The molecule has 1 aliphatic heterocycles. The molecular formula is C27H32N7+. The van der Waals surface area contributed by atoms with Crippen LogP contribution < -0.4 is 9.58 Å². The number of nitrogens with one attached hydrogen (secondary N) is 1. The highest BCUT2D eigenvalue weighted by Crippen LogP contribution is 2.35. The molecule has 5 rings (SSSR count). The molecule has 2 aromatic carbocycles. The number of tetrazole rings is 1. The molecule has 0 fully saturated rings. The van der Waals surface area contributed by atoms with E-state index in [0.29, 0.717) is 0 Å². The predicted octanol–water partition coefficient (Wildman–Crippen LogP) is 4.46. The Hall–Kier alpha value is -3.61. The van der Waals surface area contributed by atoms with Crippen molar-refractivity contribution >= 4 is 5.82 Å². The second-order valence-corrected chi connectivity index (χ2v) is 9.20. The van der Waals surface area contributed by atoms with Crippen LogP contribution in [0.4, 0.5) is 5.82 Å². The third-order valence-electron chi connectivity index (χ3n) is 6.49. The number of fused-ring (bicyclic) bond motifs is 1. The van der Waals surface area contributed by atoms with Crippen LogP contribution in [-0.2, 0) is 13.0 Å². The first-order valence-corrected chi connectivity index (χ1v) is 12.2. The van der Waals surface area contributed by atoms with E-state index in [9.17, 15) is 0 Å². The number of benzene rings is 2. The first-order chi connectivity index (χ1) is 16.7. The van der Waals surface area contributed by atoms with Gasteiger partial charge in [-0.2, -0.15) is 4.68 Å². The van der Waals surface area contributed by atoms with Crippen molar-refractivity contribution < 1.29 is 4.68 Å². The van der Waals surface area contributed by atoms with Gasteiger partial charge in [-0.15, -0.1) is 0 Å². The number of rotatable bonds is 8. The summed E-state index contributed by atoms with van der Waals surface area (Å²) in [5.74, 6) is 1.06. The van der Waals surface area contributed by atoms with E-state index in [1.54, 1.807) is 6.33 Å². The van der Waals surface area contributed by atoms with Gasteiger partial charge in [0.2, 0.25) is 0 Å². The van der Waals surface area contributed by atoms with Gasteiger partial charge in [0, 0.05) is 24.2 Å². The fourth-order valence-corrected chi connectivity index (χ4v) is 4.54. The number of H-pyrrole nitrogens is 1. The van der Waals surface area contributed by atoms with E-state index in [2.05, 4.69) is 82.8 Å². The SMILES string of the molecule is Cc1ccc(-c2nc3c(nc2-c2ccc(C)cc2)N(CCCCC[n+]2cnn[nH]2)CCC3)cc1. The second kappa shape index (κ2) is 10.1. The number of hydrogen-bond donors (Lipinski definition) is 1. The van der Waals surface area contributed by atoms with E-state index in [1.807, 2.05) is 4.68 Å². The summed E-state index contributed by atoms with van der Waals surface area (Å²) in [6.07, 6.45) is 7.21. The van der Waals surface area contributed by atoms with Crippen LogP contribution in [0, 0.1) is 13.8 Å². The molecule has 34 heavy (non-hydrogen) atoms. The molecule has 0 unspecified atom stereocenters. The molecular weight excluding hydrogens is 422 g/mol. The molecule has 0 aliphatic carbocycles. The minimum absolute atomic E-state index is 0.918. The molecule has 1 N–H and O–H groups in total. The Labute approximate surface area is 200 Å². The fourth-order valence-electron chi connectivity index (χ4n) is 4.54. The summed E-state index contributed by atoms with van der Waals surface area (Å²) in [7, 11) is 0. The largest absolute Gasteiger partial charge is 0.355 e. The van der Waals surface area contributed by atoms with Crippen LogP contribution in [0.2, 0.25) is 0 Å². The molecule has 3 heterocycles. The van der Waals surface area contributed by atoms with Crippen LogP contribution in [0.5, 0.6) is 0 Å². The lowest BCUT2D eigenvalue weighted by atomic mass is 10.0. The molecule has 0 radical (unpaired) electrons. The molecule has 0 saturated carbocycles. The van der Waals surface area contributed by atoms with Crippen LogP contribution in [0.3, 0.4) is 0 Å². The van der Waals surface area contributed by atoms with Gasteiger partial charge in [0.05, 0.1) is 23.6 Å². The van der Waals surface area contributed by atoms with Gasteiger partial charge in [0.1, 0.15) is 5.10 Å². The molecule has 174 valence electrons. The summed E-state index contributed by atoms with van der Waals surface area (Å²) < 4.78 is 1.92. The van der Waals surface area contributed by atoms with Crippen LogP contribution >= 0.6 is 0 Å². The Morgan fingerprint density at radius 1 is 0.853 bits per heavy atom. The third kappa shape index (κ3) is 4.98. The number of aromatic nitrogens is 6. The molecule has 7 nitrogen and oxygen atoms in total. The Balaban J connectivity index is 1.41. The Kier molecular flexibility index (Phi) is 6.60. The number of nitrogens with zero attached hydrogens (tertiary/aromatic N) is 6. The minimum Gasteiger partial charge on any atom is -0.355 e. The van der Waals surface area contributed by atoms with E-state index >= 15 is 0 Å². The zero-order chi connectivity index (χ0) is 23.3. The predicted molar refractivity (Wildman–Crippen MR) is 133 cm³/mol. The Bertz CT molecular complexity index is 1220. The van der Waals surface area contributed by atoms with Crippen molar-refractivity contribution in [2.75, 3.05) is 18.0 Å². The highest BCUT2D eigenvalue weighted by molar-refractivity contribution is 5.79. The standard InChI is InChI=1S/C27H31N7/c1-20-8-12-22(13-9-20)25-26(23-14-10-21(2)11-15-23)30-27-24(29-25)7-6-17-33(27)16-4-3-5-18-34-19-28-31-32-34/h8-15,19H,3-7,16-18H2,1-2H3/p+1. The van der Waals surface area contributed by atoms with Gasteiger partial charge >= 0.3 is 0 Å². The molecule has 0 atom stereocenters. The highest BCUT2D eigenvalue weighted by atomic mass is 15.5. The van der Waals surface area contributed by atoms with E-state index in [0.717, 1.165) is 85.8 Å². The van der Waals surface area contributed by atoms with Gasteiger partial charge in [-0.1, -0.05) is 64.9 Å². The van der Waals surface area contributed by atoms with Gasteiger partial charge < -0.3 is 4.90 Å². The lowest BCUT2D eigenvalue weighted by Gasteiger charge is -2.30. The molecule has 1 aliphatic rings. The maximum atomic E-state index is 5.27. The van der Waals surface area contributed by atoms with Crippen molar-refractivity contribution in [3.8, 4) is 22.5 Å². The summed E-state index contributed by atoms with van der Waals surface area (Å²) in [5.41, 5.74) is 7.81. The van der Waals surface area contributed by atoms with E-state index < -0.39 is 0 Å². The molecule has 0 amide bonds. The summed E-state index contributed by atoms with van der Waals surface area (Å²) in [6.45, 7) is 7.20. The number of aromatic amines is 1. The summed E-state index contributed by atoms with van der Waals surface area (Å²) in [6, 6.07) is 17.3.